The van der Waals surface area contributed by atoms with Crippen molar-refractivity contribution in [1.29, 1.82) is 0 Å². The molecule has 0 aliphatic heterocycles. The van der Waals surface area contributed by atoms with Crippen molar-refractivity contribution in [2.45, 2.75) is 46.2 Å². The number of rotatable bonds is 7. The van der Waals surface area contributed by atoms with Crippen LogP contribution in [0.25, 0.3) is 0 Å². The molecular formula is C15H25NO2. The Morgan fingerprint density at radius 3 is 2.33 bits per heavy atom. The molecule has 0 spiro atoms. The van der Waals surface area contributed by atoms with Crippen molar-refractivity contribution in [1.82, 2.24) is 5.32 Å². The summed E-state index contributed by atoms with van der Waals surface area (Å²) < 4.78 is 5.36. The maximum atomic E-state index is 8.96. The van der Waals surface area contributed by atoms with Gasteiger partial charge in [0.1, 0.15) is 5.75 Å². The summed E-state index contributed by atoms with van der Waals surface area (Å²) in [5.41, 5.74) is 3.61. The molecule has 18 heavy (non-hydrogen) atoms. The second-order valence-corrected chi connectivity index (χ2v) is 4.76. The van der Waals surface area contributed by atoms with Crippen molar-refractivity contribution in [2.75, 3.05) is 13.7 Å². The van der Waals surface area contributed by atoms with E-state index in [2.05, 4.69) is 38.2 Å². The molecule has 0 radical (unpaired) electrons. The van der Waals surface area contributed by atoms with Crippen LogP contribution in [0, 0.1) is 13.8 Å². The van der Waals surface area contributed by atoms with Crippen LogP contribution < -0.4 is 10.1 Å². The van der Waals surface area contributed by atoms with Gasteiger partial charge in [0.25, 0.3) is 0 Å². The molecule has 102 valence electrons. The monoisotopic (exact) mass is 251 g/mol. The summed E-state index contributed by atoms with van der Waals surface area (Å²) in [5.74, 6) is 0.973. The average Bonchev–Trinajstić information content (AvgIpc) is 2.34. The van der Waals surface area contributed by atoms with Crippen molar-refractivity contribution < 1.29 is 9.84 Å². The molecule has 0 saturated carbocycles. The minimum Gasteiger partial charge on any atom is -0.496 e. The molecule has 0 saturated heterocycles. The minimum atomic E-state index is 0.242. The van der Waals surface area contributed by atoms with Crippen LogP contribution in [0.15, 0.2) is 12.1 Å². The summed E-state index contributed by atoms with van der Waals surface area (Å²) in [4.78, 5) is 0. The first-order valence-electron chi connectivity index (χ1n) is 6.60. The number of hydrogen-bond acceptors (Lipinski definition) is 3. The van der Waals surface area contributed by atoms with E-state index in [1.807, 2.05) is 0 Å². The molecule has 0 fully saturated rings. The van der Waals surface area contributed by atoms with E-state index in [4.69, 9.17) is 9.84 Å². The number of benzene rings is 1. The Balaban J connectivity index is 2.68. The maximum Gasteiger partial charge on any atom is 0.124 e. The number of aryl methyl sites for hydroxylation is 2. The molecule has 3 heteroatoms. The normalized spacial score (nSPS) is 12.5. The van der Waals surface area contributed by atoms with Gasteiger partial charge in [-0.3, -0.25) is 0 Å². The first kappa shape index (κ1) is 15.0. The lowest BCUT2D eigenvalue weighted by Gasteiger charge is -2.17. The number of hydrogen-bond donors (Lipinski definition) is 2. The van der Waals surface area contributed by atoms with E-state index in [0.717, 1.165) is 25.1 Å². The van der Waals surface area contributed by atoms with Gasteiger partial charge in [0.05, 0.1) is 7.11 Å². The van der Waals surface area contributed by atoms with Gasteiger partial charge in [0, 0.05) is 19.2 Å². The van der Waals surface area contributed by atoms with Gasteiger partial charge in [-0.1, -0.05) is 19.1 Å². The SMILES string of the molecule is CCC(CCO)NCc1cc(C)c(OC)c(C)c1. The first-order chi connectivity index (χ1) is 8.62. The zero-order valence-electron chi connectivity index (χ0n) is 11.9. The van der Waals surface area contributed by atoms with Gasteiger partial charge in [-0.05, 0) is 43.4 Å². The number of ether oxygens (including phenoxy) is 1. The third-order valence-corrected chi connectivity index (χ3v) is 3.29. The van der Waals surface area contributed by atoms with Crippen molar-refractivity contribution in [3.63, 3.8) is 0 Å². The van der Waals surface area contributed by atoms with Crippen molar-refractivity contribution in [2.24, 2.45) is 0 Å². The Labute approximate surface area is 110 Å². The Kier molecular flexibility index (Phi) is 6.16. The summed E-state index contributed by atoms with van der Waals surface area (Å²) in [6.45, 7) is 7.36. The van der Waals surface area contributed by atoms with Crippen LogP contribution in [0.2, 0.25) is 0 Å². The fourth-order valence-corrected chi connectivity index (χ4v) is 2.33. The second-order valence-electron chi connectivity index (χ2n) is 4.76. The molecule has 0 bridgehead atoms. The van der Waals surface area contributed by atoms with Crippen LogP contribution in [0.1, 0.15) is 36.5 Å². The van der Waals surface area contributed by atoms with Gasteiger partial charge in [-0.25, -0.2) is 0 Å². The average molecular weight is 251 g/mol. The lowest BCUT2D eigenvalue weighted by molar-refractivity contribution is 0.262. The number of nitrogens with one attached hydrogen (secondary N) is 1. The Bertz CT molecular complexity index is 354. The zero-order valence-corrected chi connectivity index (χ0v) is 11.9. The number of aliphatic hydroxyl groups is 1. The molecule has 1 atom stereocenters. The fraction of sp³-hybridized carbons (Fsp3) is 0.600. The predicted molar refractivity (Wildman–Crippen MR) is 75.1 cm³/mol. The van der Waals surface area contributed by atoms with Gasteiger partial charge < -0.3 is 15.2 Å². The summed E-state index contributed by atoms with van der Waals surface area (Å²) in [6.07, 6.45) is 1.85. The van der Waals surface area contributed by atoms with Gasteiger partial charge in [-0.2, -0.15) is 0 Å². The van der Waals surface area contributed by atoms with Crippen LogP contribution in [-0.4, -0.2) is 24.9 Å². The fourth-order valence-electron chi connectivity index (χ4n) is 2.33. The van der Waals surface area contributed by atoms with E-state index in [-0.39, 0.29) is 6.61 Å². The molecule has 1 rings (SSSR count). The standard InChI is InChI=1S/C15H25NO2/c1-5-14(6-7-17)16-10-13-8-11(2)15(18-4)12(3)9-13/h8-9,14,16-17H,5-7,10H2,1-4H3. The molecule has 0 aromatic heterocycles. The smallest absolute Gasteiger partial charge is 0.124 e. The molecule has 0 heterocycles. The van der Waals surface area contributed by atoms with Gasteiger partial charge in [-0.15, -0.1) is 0 Å². The molecule has 0 aliphatic carbocycles. The van der Waals surface area contributed by atoms with Gasteiger partial charge in [0.2, 0.25) is 0 Å². The van der Waals surface area contributed by atoms with E-state index in [1.165, 1.54) is 16.7 Å². The second kappa shape index (κ2) is 7.39. The van der Waals surface area contributed by atoms with Gasteiger partial charge >= 0.3 is 0 Å². The van der Waals surface area contributed by atoms with Crippen LogP contribution in [0.5, 0.6) is 5.75 Å². The Morgan fingerprint density at radius 1 is 1.28 bits per heavy atom. The van der Waals surface area contributed by atoms with Crippen LogP contribution in [0.4, 0.5) is 0 Å². The molecular weight excluding hydrogens is 226 g/mol. The topological polar surface area (TPSA) is 41.5 Å². The molecule has 1 aromatic rings. The minimum absolute atomic E-state index is 0.242. The summed E-state index contributed by atoms with van der Waals surface area (Å²) in [6, 6.07) is 4.70. The predicted octanol–water partition coefficient (Wildman–Crippen LogP) is 2.56. The van der Waals surface area contributed by atoms with E-state index < -0.39 is 0 Å². The molecule has 0 amide bonds. The number of methoxy groups -OCH3 is 1. The Hall–Kier alpha value is -1.06. The highest BCUT2D eigenvalue weighted by molar-refractivity contribution is 5.43. The van der Waals surface area contributed by atoms with Crippen LogP contribution in [-0.2, 0) is 6.54 Å². The largest absolute Gasteiger partial charge is 0.496 e. The maximum absolute atomic E-state index is 8.96. The lowest BCUT2D eigenvalue weighted by Crippen LogP contribution is -2.28. The van der Waals surface area contributed by atoms with Crippen LogP contribution >= 0.6 is 0 Å². The third kappa shape index (κ3) is 4.00. The summed E-state index contributed by atoms with van der Waals surface area (Å²) >= 11 is 0. The molecule has 1 aromatic carbocycles. The number of aliphatic hydroxyl groups excluding tert-OH is 1. The van der Waals surface area contributed by atoms with Gasteiger partial charge in [0.15, 0.2) is 0 Å². The van der Waals surface area contributed by atoms with Crippen molar-refractivity contribution >= 4 is 0 Å². The van der Waals surface area contributed by atoms with Crippen molar-refractivity contribution in [3.8, 4) is 5.75 Å². The quantitative estimate of drug-likeness (QED) is 0.782. The van der Waals surface area contributed by atoms with E-state index in [1.54, 1.807) is 7.11 Å². The summed E-state index contributed by atoms with van der Waals surface area (Å²) in [7, 11) is 1.71. The molecule has 0 aliphatic rings. The van der Waals surface area contributed by atoms with E-state index >= 15 is 0 Å². The molecule has 3 nitrogen and oxygen atoms in total. The summed E-state index contributed by atoms with van der Waals surface area (Å²) in [5, 5.41) is 12.4. The third-order valence-electron chi connectivity index (χ3n) is 3.29. The lowest BCUT2D eigenvalue weighted by atomic mass is 10.0. The molecule has 1 unspecified atom stereocenters. The first-order valence-corrected chi connectivity index (χ1v) is 6.60. The highest BCUT2D eigenvalue weighted by Crippen LogP contribution is 2.24. The van der Waals surface area contributed by atoms with Crippen molar-refractivity contribution in [3.05, 3.63) is 28.8 Å². The highest BCUT2D eigenvalue weighted by atomic mass is 16.5. The zero-order chi connectivity index (χ0) is 13.5. The molecule has 2 N–H and O–H groups in total. The van der Waals surface area contributed by atoms with E-state index in [0.29, 0.717) is 6.04 Å². The van der Waals surface area contributed by atoms with E-state index in [9.17, 15) is 0 Å². The Morgan fingerprint density at radius 2 is 1.89 bits per heavy atom. The van der Waals surface area contributed by atoms with Crippen LogP contribution in [0.3, 0.4) is 0 Å². The highest BCUT2D eigenvalue weighted by Gasteiger charge is 2.08.